The highest BCUT2D eigenvalue weighted by molar-refractivity contribution is 6.30. The average Bonchev–Trinajstić information content (AvgIpc) is 3.20. The van der Waals surface area contributed by atoms with Gasteiger partial charge in [-0.1, -0.05) is 29.8 Å². The maximum atomic E-state index is 11.9. The number of carbonyl (C=O) groups excluding carboxylic acids is 2. The highest BCUT2D eigenvalue weighted by Crippen LogP contribution is 2.10. The maximum absolute atomic E-state index is 11.9. The predicted octanol–water partition coefficient (Wildman–Crippen LogP) is 3.78. The summed E-state index contributed by atoms with van der Waals surface area (Å²) in [5.41, 5.74) is 2.14. The highest BCUT2D eigenvalue weighted by atomic mass is 35.5. The van der Waals surface area contributed by atoms with Crippen LogP contribution in [0.4, 0.5) is 0 Å². The van der Waals surface area contributed by atoms with Crippen LogP contribution in [0.5, 0.6) is 0 Å². The van der Waals surface area contributed by atoms with Crippen LogP contribution in [0.1, 0.15) is 28.9 Å². The molecule has 0 aliphatic rings. The molecular formula is C21H20ClN3O3. The number of ether oxygens (including phenoxy) is 1. The van der Waals surface area contributed by atoms with Crippen LogP contribution in [0, 0.1) is 0 Å². The quantitative estimate of drug-likeness (QED) is 0.463. The van der Waals surface area contributed by atoms with Gasteiger partial charge in [-0.15, -0.1) is 0 Å². The van der Waals surface area contributed by atoms with Crippen molar-refractivity contribution in [2.24, 2.45) is 0 Å². The topological polar surface area (TPSA) is 73.2 Å². The van der Waals surface area contributed by atoms with E-state index in [1.807, 2.05) is 42.6 Å². The minimum atomic E-state index is -0.324. The van der Waals surface area contributed by atoms with E-state index in [-0.39, 0.29) is 24.9 Å². The average molecular weight is 398 g/mol. The van der Waals surface area contributed by atoms with Gasteiger partial charge in [0, 0.05) is 29.7 Å². The van der Waals surface area contributed by atoms with Crippen molar-refractivity contribution in [3.8, 4) is 5.69 Å². The molecule has 6 nitrogen and oxygen atoms in total. The third kappa shape index (κ3) is 5.69. The number of benzene rings is 2. The standard InChI is InChI=1S/C21H20ClN3O3/c22-17-10-8-16(9-11-17)21(27)23-13-4-7-20(26)28-15-18-12-14-25(24-18)19-5-2-1-3-6-19/h1-3,5-6,8-12,14H,4,7,13,15H2,(H,23,27). The Balaban J connectivity index is 1.35. The number of hydrogen-bond donors (Lipinski definition) is 1. The number of nitrogens with zero attached hydrogens (tertiary/aromatic N) is 2. The summed E-state index contributed by atoms with van der Waals surface area (Å²) in [6.07, 6.45) is 2.54. The number of rotatable bonds is 8. The molecule has 144 valence electrons. The third-order valence-electron chi connectivity index (χ3n) is 4.00. The van der Waals surface area contributed by atoms with Crippen molar-refractivity contribution >= 4 is 23.5 Å². The minimum Gasteiger partial charge on any atom is -0.459 e. The Morgan fingerprint density at radius 1 is 1.04 bits per heavy atom. The van der Waals surface area contributed by atoms with Crippen LogP contribution in [0.15, 0.2) is 66.9 Å². The first-order chi connectivity index (χ1) is 13.6. The zero-order valence-electron chi connectivity index (χ0n) is 15.2. The van der Waals surface area contributed by atoms with Crippen LogP contribution in [0.3, 0.4) is 0 Å². The Hall–Kier alpha value is -3.12. The van der Waals surface area contributed by atoms with E-state index in [9.17, 15) is 9.59 Å². The van der Waals surface area contributed by atoms with Gasteiger partial charge in [0.1, 0.15) is 12.3 Å². The van der Waals surface area contributed by atoms with E-state index in [1.165, 1.54) is 0 Å². The van der Waals surface area contributed by atoms with Gasteiger partial charge < -0.3 is 10.1 Å². The molecule has 0 fully saturated rings. The highest BCUT2D eigenvalue weighted by Gasteiger charge is 2.08. The first-order valence-corrected chi connectivity index (χ1v) is 9.29. The van der Waals surface area contributed by atoms with Crippen molar-refractivity contribution in [3.05, 3.63) is 83.1 Å². The fourth-order valence-electron chi connectivity index (χ4n) is 2.53. The lowest BCUT2D eigenvalue weighted by Gasteiger charge is -2.06. The summed E-state index contributed by atoms with van der Waals surface area (Å²) in [5.74, 6) is -0.522. The number of para-hydroxylation sites is 1. The van der Waals surface area contributed by atoms with E-state index in [0.717, 1.165) is 5.69 Å². The summed E-state index contributed by atoms with van der Waals surface area (Å²) in [4.78, 5) is 23.8. The van der Waals surface area contributed by atoms with E-state index in [0.29, 0.717) is 29.2 Å². The summed E-state index contributed by atoms with van der Waals surface area (Å²) < 4.78 is 6.97. The molecule has 0 bridgehead atoms. The Labute approximate surface area is 168 Å². The Bertz CT molecular complexity index is 924. The number of halogens is 1. The fourth-order valence-corrected chi connectivity index (χ4v) is 2.65. The molecule has 3 aromatic rings. The number of nitrogens with one attached hydrogen (secondary N) is 1. The van der Waals surface area contributed by atoms with Gasteiger partial charge in [-0.2, -0.15) is 5.10 Å². The maximum Gasteiger partial charge on any atom is 0.306 e. The van der Waals surface area contributed by atoms with E-state index < -0.39 is 0 Å². The van der Waals surface area contributed by atoms with Gasteiger partial charge in [0.25, 0.3) is 5.91 Å². The summed E-state index contributed by atoms with van der Waals surface area (Å²) in [6.45, 7) is 0.509. The molecule has 1 aromatic heterocycles. The number of aromatic nitrogens is 2. The molecule has 3 rings (SSSR count). The number of hydrogen-bond acceptors (Lipinski definition) is 4. The molecular weight excluding hydrogens is 378 g/mol. The molecule has 0 saturated carbocycles. The summed E-state index contributed by atoms with van der Waals surface area (Å²) in [5, 5.41) is 7.73. The van der Waals surface area contributed by atoms with Gasteiger partial charge in [-0.05, 0) is 48.9 Å². The van der Waals surface area contributed by atoms with Gasteiger partial charge in [-0.25, -0.2) is 4.68 Å². The normalized spacial score (nSPS) is 10.5. The van der Waals surface area contributed by atoms with Gasteiger partial charge in [0.15, 0.2) is 0 Å². The second-order valence-electron chi connectivity index (χ2n) is 6.11. The Morgan fingerprint density at radius 2 is 1.79 bits per heavy atom. The van der Waals surface area contributed by atoms with Crippen LogP contribution >= 0.6 is 11.6 Å². The first-order valence-electron chi connectivity index (χ1n) is 8.91. The van der Waals surface area contributed by atoms with Crippen molar-refractivity contribution in [1.82, 2.24) is 15.1 Å². The van der Waals surface area contributed by atoms with Gasteiger partial charge in [0.05, 0.1) is 5.69 Å². The van der Waals surface area contributed by atoms with Crippen molar-refractivity contribution < 1.29 is 14.3 Å². The van der Waals surface area contributed by atoms with E-state index >= 15 is 0 Å². The van der Waals surface area contributed by atoms with Crippen LogP contribution in [0.2, 0.25) is 5.02 Å². The van der Waals surface area contributed by atoms with Crippen molar-refractivity contribution in [2.45, 2.75) is 19.4 Å². The van der Waals surface area contributed by atoms with Crippen molar-refractivity contribution in [1.29, 1.82) is 0 Å². The van der Waals surface area contributed by atoms with Crippen LogP contribution in [0.25, 0.3) is 5.69 Å². The molecule has 28 heavy (non-hydrogen) atoms. The van der Waals surface area contributed by atoms with Crippen LogP contribution in [-0.4, -0.2) is 28.2 Å². The Kier molecular flexibility index (Phi) is 6.81. The fraction of sp³-hybridized carbons (Fsp3) is 0.190. The lowest BCUT2D eigenvalue weighted by molar-refractivity contribution is -0.145. The predicted molar refractivity (Wildman–Crippen MR) is 106 cm³/mol. The molecule has 1 N–H and O–H groups in total. The number of carbonyl (C=O) groups is 2. The Morgan fingerprint density at radius 3 is 2.54 bits per heavy atom. The molecule has 1 amide bonds. The molecule has 0 spiro atoms. The third-order valence-corrected chi connectivity index (χ3v) is 4.25. The summed E-state index contributed by atoms with van der Waals surface area (Å²) in [6, 6.07) is 18.1. The second-order valence-corrected chi connectivity index (χ2v) is 6.55. The van der Waals surface area contributed by atoms with E-state index in [1.54, 1.807) is 28.9 Å². The molecule has 0 atom stereocenters. The van der Waals surface area contributed by atoms with Gasteiger partial charge >= 0.3 is 5.97 Å². The molecule has 0 saturated heterocycles. The van der Waals surface area contributed by atoms with Crippen molar-refractivity contribution in [3.63, 3.8) is 0 Å². The van der Waals surface area contributed by atoms with Crippen LogP contribution < -0.4 is 5.32 Å². The van der Waals surface area contributed by atoms with Gasteiger partial charge in [-0.3, -0.25) is 9.59 Å². The lowest BCUT2D eigenvalue weighted by Crippen LogP contribution is -2.25. The SMILES string of the molecule is O=C(CCCNC(=O)c1ccc(Cl)cc1)OCc1ccn(-c2ccccc2)n1. The van der Waals surface area contributed by atoms with E-state index in [4.69, 9.17) is 16.3 Å². The first kappa shape index (κ1) is 19.6. The van der Waals surface area contributed by atoms with Crippen LogP contribution in [-0.2, 0) is 16.1 Å². The molecule has 0 aliphatic carbocycles. The molecule has 0 unspecified atom stereocenters. The summed E-state index contributed by atoms with van der Waals surface area (Å²) >= 11 is 5.80. The van der Waals surface area contributed by atoms with E-state index in [2.05, 4.69) is 10.4 Å². The largest absolute Gasteiger partial charge is 0.459 e. The van der Waals surface area contributed by atoms with Gasteiger partial charge in [0.2, 0.25) is 0 Å². The minimum absolute atomic E-state index is 0.121. The monoisotopic (exact) mass is 397 g/mol. The molecule has 7 heteroatoms. The molecule has 0 aliphatic heterocycles. The number of esters is 1. The smallest absolute Gasteiger partial charge is 0.306 e. The molecule has 0 radical (unpaired) electrons. The number of amides is 1. The van der Waals surface area contributed by atoms with Crippen molar-refractivity contribution in [2.75, 3.05) is 6.54 Å². The lowest BCUT2D eigenvalue weighted by atomic mass is 10.2. The zero-order valence-corrected chi connectivity index (χ0v) is 15.9. The molecule has 1 heterocycles. The zero-order chi connectivity index (χ0) is 19.8. The second kappa shape index (κ2) is 9.71. The summed E-state index contributed by atoms with van der Waals surface area (Å²) in [7, 11) is 0. The molecule has 2 aromatic carbocycles.